The van der Waals surface area contributed by atoms with Crippen molar-refractivity contribution in [1.82, 2.24) is 4.90 Å². The summed E-state index contributed by atoms with van der Waals surface area (Å²) in [4.78, 5) is 14.3. The zero-order valence-electron chi connectivity index (χ0n) is 12.4. The number of rotatable bonds is 6. The Labute approximate surface area is 120 Å². The molecule has 5 heteroatoms. The van der Waals surface area contributed by atoms with Crippen LogP contribution in [0, 0.1) is 11.3 Å². The van der Waals surface area contributed by atoms with Crippen LogP contribution in [0.25, 0.3) is 0 Å². The summed E-state index contributed by atoms with van der Waals surface area (Å²) in [7, 11) is 1.53. The number of hydrogen-bond donors (Lipinski definition) is 1. The second-order valence-electron chi connectivity index (χ2n) is 4.41. The van der Waals surface area contributed by atoms with Crippen molar-refractivity contribution >= 4 is 11.6 Å². The lowest BCUT2D eigenvalue weighted by atomic mass is 10.2. The standard InChI is InChI=1S/C15H21N3O2/c1-5-18(6-2)11(3)15(19)17-13-9-12(10-16)7-8-14(13)20-4/h7-9,11H,5-6H2,1-4H3,(H,17,19). The van der Waals surface area contributed by atoms with Gasteiger partial charge in [0.1, 0.15) is 5.75 Å². The molecule has 0 aliphatic heterocycles. The van der Waals surface area contributed by atoms with E-state index in [1.807, 2.05) is 26.8 Å². The number of amides is 1. The summed E-state index contributed by atoms with van der Waals surface area (Å²) in [5.74, 6) is 0.436. The molecule has 0 fully saturated rings. The van der Waals surface area contributed by atoms with Gasteiger partial charge < -0.3 is 10.1 Å². The Bertz CT molecular complexity index is 504. The Balaban J connectivity index is 2.92. The van der Waals surface area contributed by atoms with Crippen molar-refractivity contribution in [1.29, 1.82) is 5.26 Å². The average Bonchev–Trinajstić information content (AvgIpc) is 2.48. The number of nitriles is 1. The Hall–Kier alpha value is -2.06. The third-order valence-corrected chi connectivity index (χ3v) is 3.33. The van der Waals surface area contributed by atoms with E-state index in [2.05, 4.69) is 10.2 Å². The maximum absolute atomic E-state index is 12.2. The minimum atomic E-state index is -0.236. The SMILES string of the molecule is CCN(CC)C(C)C(=O)Nc1cc(C#N)ccc1OC. The topological polar surface area (TPSA) is 65.4 Å². The van der Waals surface area contributed by atoms with Crippen LogP contribution < -0.4 is 10.1 Å². The fourth-order valence-electron chi connectivity index (χ4n) is 2.05. The molecule has 0 heterocycles. The highest BCUT2D eigenvalue weighted by Crippen LogP contribution is 2.25. The van der Waals surface area contributed by atoms with Gasteiger partial charge in [-0.3, -0.25) is 9.69 Å². The molecule has 1 amide bonds. The van der Waals surface area contributed by atoms with E-state index in [0.717, 1.165) is 13.1 Å². The zero-order chi connectivity index (χ0) is 15.1. The van der Waals surface area contributed by atoms with Crippen molar-refractivity contribution in [2.75, 3.05) is 25.5 Å². The summed E-state index contributed by atoms with van der Waals surface area (Å²) in [5, 5.41) is 11.7. The quantitative estimate of drug-likeness (QED) is 0.864. The normalized spacial score (nSPS) is 11.8. The number of nitrogens with one attached hydrogen (secondary N) is 1. The molecule has 0 saturated heterocycles. The van der Waals surface area contributed by atoms with Crippen LogP contribution in [0.4, 0.5) is 5.69 Å². The molecule has 1 aromatic rings. The predicted molar refractivity (Wildman–Crippen MR) is 78.7 cm³/mol. The Morgan fingerprint density at radius 1 is 1.45 bits per heavy atom. The van der Waals surface area contributed by atoms with Gasteiger partial charge in [-0.15, -0.1) is 0 Å². The smallest absolute Gasteiger partial charge is 0.241 e. The molecule has 0 aliphatic rings. The molecule has 5 nitrogen and oxygen atoms in total. The number of carbonyl (C=O) groups excluding carboxylic acids is 1. The molecular weight excluding hydrogens is 254 g/mol. The molecule has 0 saturated carbocycles. The van der Waals surface area contributed by atoms with Crippen molar-refractivity contribution in [2.45, 2.75) is 26.8 Å². The fourth-order valence-corrected chi connectivity index (χ4v) is 2.05. The van der Waals surface area contributed by atoms with E-state index in [1.165, 1.54) is 7.11 Å². The molecular formula is C15H21N3O2. The molecule has 1 atom stereocenters. The number of carbonyl (C=O) groups is 1. The van der Waals surface area contributed by atoms with E-state index in [1.54, 1.807) is 18.2 Å². The minimum Gasteiger partial charge on any atom is -0.495 e. The van der Waals surface area contributed by atoms with E-state index in [4.69, 9.17) is 10.00 Å². The van der Waals surface area contributed by atoms with Crippen LogP contribution in [0.2, 0.25) is 0 Å². The van der Waals surface area contributed by atoms with E-state index >= 15 is 0 Å². The van der Waals surface area contributed by atoms with Crippen LogP contribution in [0.3, 0.4) is 0 Å². The number of nitrogens with zero attached hydrogens (tertiary/aromatic N) is 2. The molecule has 0 aliphatic carbocycles. The molecule has 1 rings (SSSR count). The molecule has 20 heavy (non-hydrogen) atoms. The number of anilines is 1. The van der Waals surface area contributed by atoms with Crippen molar-refractivity contribution in [2.24, 2.45) is 0 Å². The highest BCUT2D eigenvalue weighted by Gasteiger charge is 2.19. The number of hydrogen-bond acceptors (Lipinski definition) is 4. The highest BCUT2D eigenvalue weighted by molar-refractivity contribution is 5.96. The van der Waals surface area contributed by atoms with E-state index in [9.17, 15) is 4.79 Å². The van der Waals surface area contributed by atoms with Gasteiger partial charge in [0.05, 0.1) is 30.5 Å². The zero-order valence-corrected chi connectivity index (χ0v) is 12.4. The summed E-state index contributed by atoms with van der Waals surface area (Å²) in [6.45, 7) is 7.51. The van der Waals surface area contributed by atoms with Gasteiger partial charge >= 0.3 is 0 Å². The summed E-state index contributed by atoms with van der Waals surface area (Å²) in [6, 6.07) is 6.76. The molecule has 1 unspecified atom stereocenters. The molecule has 0 aromatic heterocycles. The fraction of sp³-hybridized carbons (Fsp3) is 0.467. The molecule has 0 radical (unpaired) electrons. The van der Waals surface area contributed by atoms with E-state index < -0.39 is 0 Å². The second kappa shape index (κ2) is 7.51. The first kappa shape index (κ1) is 16.0. The van der Waals surface area contributed by atoms with Crippen LogP contribution in [-0.2, 0) is 4.79 Å². The first-order valence-corrected chi connectivity index (χ1v) is 6.70. The summed E-state index contributed by atoms with van der Waals surface area (Å²) >= 11 is 0. The number of ether oxygens (including phenoxy) is 1. The number of likely N-dealkylation sites (N-methyl/N-ethyl adjacent to an activating group) is 1. The number of methoxy groups -OCH3 is 1. The molecule has 1 aromatic carbocycles. The monoisotopic (exact) mass is 275 g/mol. The van der Waals surface area contributed by atoms with Crippen LogP contribution in [0.15, 0.2) is 18.2 Å². The van der Waals surface area contributed by atoms with Crippen molar-refractivity contribution in [3.05, 3.63) is 23.8 Å². The summed E-state index contributed by atoms with van der Waals surface area (Å²) in [5.41, 5.74) is 1.01. The first-order valence-electron chi connectivity index (χ1n) is 6.70. The lowest BCUT2D eigenvalue weighted by Gasteiger charge is -2.25. The van der Waals surface area contributed by atoms with Crippen LogP contribution in [-0.4, -0.2) is 37.0 Å². The third-order valence-electron chi connectivity index (χ3n) is 3.33. The Morgan fingerprint density at radius 3 is 2.60 bits per heavy atom. The summed E-state index contributed by atoms with van der Waals surface area (Å²) in [6.07, 6.45) is 0. The average molecular weight is 275 g/mol. The van der Waals surface area contributed by atoms with Crippen molar-refractivity contribution in [3.63, 3.8) is 0 Å². The predicted octanol–water partition coefficient (Wildman–Crippen LogP) is 2.24. The first-order chi connectivity index (χ1) is 9.57. The van der Waals surface area contributed by atoms with Crippen LogP contribution >= 0.6 is 0 Å². The Morgan fingerprint density at radius 2 is 2.10 bits per heavy atom. The van der Waals surface area contributed by atoms with Gasteiger partial charge in [0.25, 0.3) is 0 Å². The van der Waals surface area contributed by atoms with Gasteiger partial charge in [0.15, 0.2) is 0 Å². The molecule has 1 N–H and O–H groups in total. The van der Waals surface area contributed by atoms with Gasteiger partial charge in [-0.2, -0.15) is 5.26 Å². The minimum absolute atomic E-state index is 0.109. The van der Waals surface area contributed by atoms with E-state index in [0.29, 0.717) is 17.0 Å². The van der Waals surface area contributed by atoms with Crippen LogP contribution in [0.5, 0.6) is 5.75 Å². The van der Waals surface area contributed by atoms with Gasteiger partial charge in [-0.05, 0) is 38.2 Å². The molecule has 108 valence electrons. The van der Waals surface area contributed by atoms with Crippen molar-refractivity contribution in [3.8, 4) is 11.8 Å². The third kappa shape index (κ3) is 3.72. The molecule has 0 spiro atoms. The second-order valence-corrected chi connectivity index (χ2v) is 4.41. The Kier molecular flexibility index (Phi) is 6.01. The van der Waals surface area contributed by atoms with Gasteiger partial charge in [0.2, 0.25) is 5.91 Å². The van der Waals surface area contributed by atoms with Crippen molar-refractivity contribution < 1.29 is 9.53 Å². The largest absolute Gasteiger partial charge is 0.495 e. The molecule has 0 bridgehead atoms. The van der Waals surface area contributed by atoms with E-state index in [-0.39, 0.29) is 11.9 Å². The van der Waals surface area contributed by atoms with Gasteiger partial charge in [-0.1, -0.05) is 13.8 Å². The maximum atomic E-state index is 12.2. The lowest BCUT2D eigenvalue weighted by molar-refractivity contribution is -0.120. The lowest BCUT2D eigenvalue weighted by Crippen LogP contribution is -2.41. The van der Waals surface area contributed by atoms with Crippen LogP contribution in [0.1, 0.15) is 26.3 Å². The maximum Gasteiger partial charge on any atom is 0.241 e. The van der Waals surface area contributed by atoms with Gasteiger partial charge in [-0.25, -0.2) is 0 Å². The summed E-state index contributed by atoms with van der Waals surface area (Å²) < 4.78 is 5.20. The highest BCUT2D eigenvalue weighted by atomic mass is 16.5. The number of benzene rings is 1. The van der Waals surface area contributed by atoms with Gasteiger partial charge in [0, 0.05) is 0 Å².